The molecule has 0 aromatic carbocycles. The Morgan fingerprint density at radius 2 is 1.11 bits per heavy atom. The quantitative estimate of drug-likeness (QED) is 0.262. The van der Waals surface area contributed by atoms with E-state index in [1.165, 1.54) is 70.6 Å². The van der Waals surface area contributed by atoms with Gasteiger partial charge in [0.25, 0.3) is 0 Å². The van der Waals surface area contributed by atoms with Crippen LogP contribution < -0.4 is 0 Å². The van der Waals surface area contributed by atoms with Crippen LogP contribution in [0.3, 0.4) is 0 Å². The molecule has 2 unspecified atom stereocenters. The Morgan fingerprint density at radius 3 is 1.43 bits per heavy atom. The Morgan fingerprint density at radius 1 is 0.750 bits per heavy atom. The lowest BCUT2D eigenvalue weighted by Crippen LogP contribution is -2.55. The summed E-state index contributed by atoms with van der Waals surface area (Å²) in [5, 5.41) is 29.0. The highest BCUT2D eigenvalue weighted by atomic mass is 16.4. The molecule has 0 saturated carbocycles. The average molecular weight is 401 g/mol. The van der Waals surface area contributed by atoms with Gasteiger partial charge in [-0.3, -0.25) is 9.59 Å². The lowest BCUT2D eigenvalue weighted by Gasteiger charge is -2.28. The highest BCUT2D eigenvalue weighted by Crippen LogP contribution is 2.18. The molecule has 28 heavy (non-hydrogen) atoms. The van der Waals surface area contributed by atoms with Gasteiger partial charge in [0.1, 0.15) is 6.10 Å². The molecule has 3 N–H and O–H groups in total. The molecule has 166 valence electrons. The molecule has 2 atom stereocenters. The third-order valence-corrected chi connectivity index (χ3v) is 5.57. The minimum absolute atomic E-state index is 0.0691. The summed E-state index contributed by atoms with van der Waals surface area (Å²) >= 11 is 0. The van der Waals surface area contributed by atoms with Gasteiger partial charge >= 0.3 is 0 Å². The van der Waals surface area contributed by atoms with Crippen LogP contribution in [-0.2, 0) is 9.59 Å². The number of hydrogen-bond donors (Lipinski definition) is 3. The van der Waals surface area contributed by atoms with E-state index in [2.05, 4.69) is 6.92 Å². The summed E-state index contributed by atoms with van der Waals surface area (Å²) in [7, 11) is 0. The second kappa shape index (κ2) is 17.1. The van der Waals surface area contributed by atoms with Crippen molar-refractivity contribution in [3.05, 3.63) is 0 Å². The van der Waals surface area contributed by atoms with Gasteiger partial charge in [0, 0.05) is 6.42 Å². The van der Waals surface area contributed by atoms with Crippen molar-refractivity contribution in [2.24, 2.45) is 0 Å². The number of unbranched alkanes of at least 4 members (excludes halogenated alkanes) is 14. The second-order valence-corrected chi connectivity index (χ2v) is 8.22. The number of aliphatic hydroxyl groups is 3. The maximum absolute atomic E-state index is 12.1. The molecule has 0 spiro atoms. The van der Waals surface area contributed by atoms with E-state index in [0.717, 1.165) is 26.2 Å². The van der Waals surface area contributed by atoms with Crippen LogP contribution in [0.25, 0.3) is 0 Å². The lowest BCUT2D eigenvalue weighted by molar-refractivity contribution is -0.164. The summed E-state index contributed by atoms with van der Waals surface area (Å²) in [6, 6.07) is 0. The molecular weight excluding hydrogens is 356 g/mol. The molecule has 0 aromatic heterocycles. The minimum Gasteiger partial charge on any atom is -0.393 e. The number of carbonyl (C=O) groups excluding carboxylic acids is 2. The first kappa shape index (κ1) is 27.2. The van der Waals surface area contributed by atoms with Crippen LogP contribution >= 0.6 is 0 Å². The van der Waals surface area contributed by atoms with Crippen LogP contribution in [0.15, 0.2) is 0 Å². The molecule has 0 fully saturated rings. The highest BCUT2D eigenvalue weighted by molar-refractivity contribution is 5.95. The van der Waals surface area contributed by atoms with Gasteiger partial charge in [-0.1, -0.05) is 96.8 Å². The zero-order valence-corrected chi connectivity index (χ0v) is 18.3. The molecule has 5 heteroatoms. The van der Waals surface area contributed by atoms with E-state index in [1.807, 2.05) is 0 Å². The number of rotatable bonds is 20. The molecule has 0 bridgehead atoms. The fourth-order valence-electron chi connectivity index (χ4n) is 3.54. The van der Waals surface area contributed by atoms with E-state index in [0.29, 0.717) is 6.42 Å². The van der Waals surface area contributed by atoms with Gasteiger partial charge in [-0.05, 0) is 13.3 Å². The standard InChI is InChI=1S/C23H44O5/c1-3-4-5-6-7-8-9-10-11-12-13-14-15-16-17-18-21(26)23(28,19-24)22(27)20(2)25/h22,24,27-28H,3-19H2,1-2H3. The number of Topliss-reactive ketones (excluding diaryl/α,β-unsaturated/α-hetero) is 2. The SMILES string of the molecule is CCCCCCCCCCCCCCCCCC(=O)C(O)(CO)C(O)C(C)=O. The summed E-state index contributed by atoms with van der Waals surface area (Å²) in [5.74, 6) is -1.38. The normalized spacial score (nSPS) is 14.6. The lowest BCUT2D eigenvalue weighted by atomic mass is 9.87. The number of carbonyl (C=O) groups is 2. The molecule has 0 radical (unpaired) electrons. The Balaban J connectivity index is 3.57. The maximum atomic E-state index is 12.1. The Hall–Kier alpha value is -0.780. The van der Waals surface area contributed by atoms with Gasteiger partial charge in [-0.25, -0.2) is 0 Å². The van der Waals surface area contributed by atoms with Crippen LogP contribution in [0.1, 0.15) is 117 Å². The molecule has 0 amide bonds. The number of aliphatic hydroxyl groups excluding tert-OH is 2. The van der Waals surface area contributed by atoms with Crippen LogP contribution in [0, 0.1) is 0 Å². The van der Waals surface area contributed by atoms with E-state index in [-0.39, 0.29) is 6.42 Å². The van der Waals surface area contributed by atoms with Crippen molar-refractivity contribution in [2.75, 3.05) is 6.61 Å². The van der Waals surface area contributed by atoms with Crippen molar-refractivity contribution in [3.63, 3.8) is 0 Å². The maximum Gasteiger partial charge on any atom is 0.178 e. The zero-order chi connectivity index (χ0) is 21.3. The largest absolute Gasteiger partial charge is 0.393 e. The first-order chi connectivity index (χ1) is 13.4. The van der Waals surface area contributed by atoms with Crippen molar-refractivity contribution in [1.82, 2.24) is 0 Å². The highest BCUT2D eigenvalue weighted by Gasteiger charge is 2.44. The van der Waals surface area contributed by atoms with Crippen LogP contribution in [0.2, 0.25) is 0 Å². The molecule has 0 rings (SSSR count). The van der Waals surface area contributed by atoms with Crippen molar-refractivity contribution in [2.45, 2.75) is 128 Å². The zero-order valence-electron chi connectivity index (χ0n) is 18.3. The summed E-state index contributed by atoms with van der Waals surface area (Å²) in [4.78, 5) is 23.2. The van der Waals surface area contributed by atoms with Gasteiger partial charge in [0.2, 0.25) is 0 Å². The van der Waals surface area contributed by atoms with Crippen molar-refractivity contribution >= 4 is 11.6 Å². The predicted molar refractivity (Wildman–Crippen MR) is 113 cm³/mol. The Bertz CT molecular complexity index is 410. The first-order valence-corrected chi connectivity index (χ1v) is 11.4. The molecule has 0 aromatic rings. The average Bonchev–Trinajstić information content (AvgIpc) is 2.69. The van der Waals surface area contributed by atoms with E-state index < -0.39 is 29.9 Å². The van der Waals surface area contributed by atoms with E-state index in [9.17, 15) is 24.9 Å². The fraction of sp³-hybridized carbons (Fsp3) is 0.913. The monoisotopic (exact) mass is 400 g/mol. The topological polar surface area (TPSA) is 94.8 Å². The molecule has 0 aliphatic rings. The molecule has 0 heterocycles. The minimum atomic E-state index is -2.36. The van der Waals surface area contributed by atoms with Gasteiger partial charge in [0.15, 0.2) is 17.2 Å². The van der Waals surface area contributed by atoms with Crippen LogP contribution in [0.4, 0.5) is 0 Å². The summed E-state index contributed by atoms with van der Waals surface area (Å²) in [5.41, 5.74) is -2.36. The van der Waals surface area contributed by atoms with Crippen molar-refractivity contribution in [3.8, 4) is 0 Å². The van der Waals surface area contributed by atoms with Crippen LogP contribution in [-0.4, -0.2) is 45.2 Å². The molecule has 0 saturated heterocycles. The predicted octanol–water partition coefficient (Wildman–Crippen LogP) is 4.49. The van der Waals surface area contributed by atoms with Crippen molar-refractivity contribution < 1.29 is 24.9 Å². The van der Waals surface area contributed by atoms with Gasteiger partial charge < -0.3 is 15.3 Å². The van der Waals surface area contributed by atoms with Gasteiger partial charge in [-0.15, -0.1) is 0 Å². The van der Waals surface area contributed by atoms with Crippen molar-refractivity contribution in [1.29, 1.82) is 0 Å². The summed E-state index contributed by atoms with van der Waals surface area (Å²) in [6.45, 7) is 2.40. The smallest absolute Gasteiger partial charge is 0.178 e. The summed E-state index contributed by atoms with van der Waals surface area (Å²) in [6.07, 6.45) is 16.6. The third-order valence-electron chi connectivity index (χ3n) is 5.57. The molecule has 5 nitrogen and oxygen atoms in total. The third kappa shape index (κ3) is 11.9. The van der Waals surface area contributed by atoms with Crippen LogP contribution in [0.5, 0.6) is 0 Å². The van der Waals surface area contributed by atoms with E-state index >= 15 is 0 Å². The van der Waals surface area contributed by atoms with Gasteiger partial charge in [-0.2, -0.15) is 0 Å². The number of ketones is 2. The van der Waals surface area contributed by atoms with Gasteiger partial charge in [0.05, 0.1) is 6.61 Å². The molecule has 0 aliphatic heterocycles. The fourth-order valence-corrected chi connectivity index (χ4v) is 3.54. The Labute approximate surface area is 171 Å². The molecule has 0 aliphatic carbocycles. The molecular formula is C23H44O5. The van der Waals surface area contributed by atoms with E-state index in [1.54, 1.807) is 0 Å². The second-order valence-electron chi connectivity index (χ2n) is 8.22. The Kier molecular flexibility index (Phi) is 16.6. The first-order valence-electron chi connectivity index (χ1n) is 11.4. The summed E-state index contributed by atoms with van der Waals surface area (Å²) < 4.78 is 0. The number of hydrogen-bond acceptors (Lipinski definition) is 5. The van der Waals surface area contributed by atoms with E-state index in [4.69, 9.17) is 0 Å².